The molecule has 0 radical (unpaired) electrons. The molecule has 0 saturated carbocycles. The van der Waals surface area contributed by atoms with Crippen LogP contribution in [0.5, 0.6) is 0 Å². The van der Waals surface area contributed by atoms with Crippen LogP contribution in [0.15, 0.2) is 35.1 Å². The molecule has 196 valence electrons. The zero-order valence-corrected chi connectivity index (χ0v) is 21.2. The molecule has 1 aromatic carbocycles. The number of rotatable bonds is 3. The van der Waals surface area contributed by atoms with Crippen LogP contribution < -0.4 is 15.8 Å². The third-order valence-corrected chi connectivity index (χ3v) is 5.72. The molecule has 2 aromatic rings. The van der Waals surface area contributed by atoms with E-state index in [0.29, 0.717) is 37.4 Å². The van der Waals surface area contributed by atoms with Gasteiger partial charge in [0.2, 0.25) is 11.9 Å². The van der Waals surface area contributed by atoms with E-state index in [4.69, 9.17) is 19.8 Å². The molecule has 1 amide bonds. The van der Waals surface area contributed by atoms with Gasteiger partial charge in [0.1, 0.15) is 0 Å². The number of carboxylic acids is 2. The number of aliphatic carboxylic acids is 2. The average Bonchev–Trinajstić information content (AvgIpc) is 3.19. The summed E-state index contributed by atoms with van der Waals surface area (Å²) in [7, 11) is 3.71. The quantitative estimate of drug-likeness (QED) is 0.489. The molecule has 2 aliphatic heterocycles. The Morgan fingerprint density at radius 3 is 2.17 bits per heavy atom. The Morgan fingerprint density at radius 1 is 1.00 bits per heavy atom. The van der Waals surface area contributed by atoms with Gasteiger partial charge in [-0.25, -0.2) is 4.98 Å². The van der Waals surface area contributed by atoms with Crippen molar-refractivity contribution in [3.05, 3.63) is 57.5 Å². The second-order valence-corrected chi connectivity index (χ2v) is 8.83. The molecule has 11 heteroatoms. The van der Waals surface area contributed by atoms with Crippen molar-refractivity contribution < 1.29 is 24.6 Å². The number of anilines is 1. The van der Waals surface area contributed by atoms with Gasteiger partial charge < -0.3 is 20.0 Å². The summed E-state index contributed by atoms with van der Waals surface area (Å²) in [5, 5.41) is 18.3. The van der Waals surface area contributed by atoms with Gasteiger partial charge in [0.25, 0.3) is 17.5 Å². The smallest absolute Gasteiger partial charge is 0.300 e. The number of benzene rings is 1. The van der Waals surface area contributed by atoms with E-state index in [2.05, 4.69) is 27.4 Å². The zero-order chi connectivity index (χ0) is 26.8. The fourth-order valence-electron chi connectivity index (χ4n) is 4.13. The summed E-state index contributed by atoms with van der Waals surface area (Å²) >= 11 is 0. The maximum Gasteiger partial charge on any atom is 0.300 e. The molecule has 3 heterocycles. The second kappa shape index (κ2) is 13.4. The number of nitrogens with zero attached hydrogens (tertiary/aromatic N) is 3. The number of carboxylic acid groups (broad SMARTS) is 2. The van der Waals surface area contributed by atoms with E-state index < -0.39 is 11.9 Å². The van der Waals surface area contributed by atoms with Gasteiger partial charge in [0.05, 0.1) is 11.7 Å². The molecule has 1 aromatic heterocycles. The van der Waals surface area contributed by atoms with Crippen molar-refractivity contribution in [2.75, 3.05) is 32.1 Å². The lowest BCUT2D eigenvalue weighted by Gasteiger charge is -2.24. The minimum Gasteiger partial charge on any atom is -0.481 e. The van der Waals surface area contributed by atoms with E-state index in [1.54, 1.807) is 4.90 Å². The number of aromatic amines is 1. The molecule has 36 heavy (non-hydrogen) atoms. The van der Waals surface area contributed by atoms with Crippen molar-refractivity contribution in [2.24, 2.45) is 0 Å². The summed E-state index contributed by atoms with van der Waals surface area (Å²) in [6.07, 6.45) is 2.96. The maximum atomic E-state index is 13.1. The zero-order valence-electron chi connectivity index (χ0n) is 21.2. The highest BCUT2D eigenvalue weighted by molar-refractivity contribution is 5.82. The van der Waals surface area contributed by atoms with Gasteiger partial charge in [-0.2, -0.15) is 0 Å². The monoisotopic (exact) mass is 501 g/mol. The van der Waals surface area contributed by atoms with Crippen molar-refractivity contribution >= 4 is 23.8 Å². The Morgan fingerprint density at radius 2 is 1.58 bits per heavy atom. The van der Waals surface area contributed by atoms with Gasteiger partial charge in [-0.1, -0.05) is 30.3 Å². The van der Waals surface area contributed by atoms with Gasteiger partial charge in [0, 0.05) is 59.1 Å². The van der Waals surface area contributed by atoms with Gasteiger partial charge >= 0.3 is 0 Å². The molecule has 2 atom stereocenters. The highest BCUT2D eigenvalue weighted by atomic mass is 16.4. The first-order chi connectivity index (χ1) is 17.0. The predicted octanol–water partition coefficient (Wildman–Crippen LogP) is 1.44. The van der Waals surface area contributed by atoms with E-state index >= 15 is 0 Å². The lowest BCUT2D eigenvalue weighted by molar-refractivity contribution is -0.135. The number of hydrogen-bond donors (Lipinski definition) is 4. The fraction of sp³-hybridized carbons (Fsp3) is 0.480. The van der Waals surface area contributed by atoms with E-state index in [9.17, 15) is 9.59 Å². The van der Waals surface area contributed by atoms with Crippen LogP contribution in [0.3, 0.4) is 0 Å². The Kier molecular flexibility index (Phi) is 10.6. The van der Waals surface area contributed by atoms with Crippen molar-refractivity contribution in [1.29, 1.82) is 0 Å². The van der Waals surface area contributed by atoms with E-state index in [0.717, 1.165) is 32.4 Å². The van der Waals surface area contributed by atoms with E-state index in [1.807, 2.05) is 37.2 Å². The van der Waals surface area contributed by atoms with Crippen LogP contribution >= 0.6 is 0 Å². The first-order valence-electron chi connectivity index (χ1n) is 11.8. The summed E-state index contributed by atoms with van der Waals surface area (Å²) in [6, 6.07) is 10.4. The topological polar surface area (TPSA) is 156 Å². The molecular weight excluding hydrogens is 466 g/mol. The van der Waals surface area contributed by atoms with Crippen molar-refractivity contribution in [3.8, 4) is 0 Å². The van der Waals surface area contributed by atoms with Crippen LogP contribution in [-0.4, -0.2) is 76.2 Å². The molecular formula is C25H35N5O6. The molecule has 0 aliphatic carbocycles. The van der Waals surface area contributed by atoms with Gasteiger partial charge in [-0.3, -0.25) is 29.5 Å². The van der Waals surface area contributed by atoms with Gasteiger partial charge in [0.15, 0.2) is 0 Å². The number of nitrogens with one attached hydrogen (secondary N) is 2. The van der Waals surface area contributed by atoms with Crippen molar-refractivity contribution in [3.63, 3.8) is 0 Å². The lowest BCUT2D eigenvalue weighted by atomic mass is 10.1. The second-order valence-electron chi connectivity index (χ2n) is 8.83. The fourth-order valence-corrected chi connectivity index (χ4v) is 4.13. The van der Waals surface area contributed by atoms with Gasteiger partial charge in [-0.05, 0) is 24.8 Å². The van der Waals surface area contributed by atoms with Crippen LogP contribution in [0.4, 0.5) is 5.95 Å². The number of amides is 1. The predicted molar refractivity (Wildman–Crippen MR) is 135 cm³/mol. The van der Waals surface area contributed by atoms with Gasteiger partial charge in [-0.15, -0.1) is 0 Å². The van der Waals surface area contributed by atoms with Crippen LogP contribution in [0.1, 0.15) is 49.6 Å². The first-order valence-corrected chi connectivity index (χ1v) is 11.8. The molecule has 4 rings (SSSR count). The highest BCUT2D eigenvalue weighted by Crippen LogP contribution is 2.27. The highest BCUT2D eigenvalue weighted by Gasteiger charge is 2.33. The van der Waals surface area contributed by atoms with Crippen LogP contribution in [-0.2, 0) is 27.2 Å². The number of aromatic nitrogens is 2. The Balaban J connectivity index is 0.000000501. The minimum atomic E-state index is -0.833. The molecule has 2 aliphatic rings. The molecule has 4 N–H and O–H groups in total. The molecule has 11 nitrogen and oxygen atoms in total. The number of carbonyl (C=O) groups is 3. The van der Waals surface area contributed by atoms with Crippen LogP contribution in [0.25, 0.3) is 0 Å². The number of fused-ring (bicyclic) bond motifs is 1. The third kappa shape index (κ3) is 8.49. The Bertz CT molecular complexity index is 1080. The average molecular weight is 502 g/mol. The summed E-state index contributed by atoms with van der Waals surface area (Å²) < 4.78 is 0. The maximum absolute atomic E-state index is 13.1. The number of carbonyl (C=O) groups excluding carboxylic acids is 1. The number of H-pyrrole nitrogens is 1. The minimum absolute atomic E-state index is 0.0915. The normalized spacial score (nSPS) is 18.4. The largest absolute Gasteiger partial charge is 0.481 e. The first kappa shape index (κ1) is 28.5. The Labute approximate surface area is 210 Å². The molecule has 1 fully saturated rings. The number of hydrogen-bond acceptors (Lipinski definition) is 7. The summed E-state index contributed by atoms with van der Waals surface area (Å²) in [5.41, 5.74) is 2.66. The molecule has 0 unspecified atom stereocenters. The summed E-state index contributed by atoms with van der Waals surface area (Å²) in [6.45, 7) is 3.33. The third-order valence-electron chi connectivity index (χ3n) is 5.72. The van der Waals surface area contributed by atoms with E-state index in [1.165, 1.54) is 5.56 Å². The van der Waals surface area contributed by atoms with Crippen molar-refractivity contribution in [1.82, 2.24) is 20.2 Å². The summed E-state index contributed by atoms with van der Waals surface area (Å²) in [4.78, 5) is 54.6. The molecule has 0 bridgehead atoms. The SMILES string of the molecule is CC(=O)O.CC(=O)O.CN(C)c1nc2c(c(=O)[nH]1)CCN(C(=O)[C@H]1CC[C@H](c3ccccc3)N1)CC2. The lowest BCUT2D eigenvalue weighted by Crippen LogP contribution is -2.45. The standard InChI is InChI=1S/C21H27N5O2.2C2H4O2/c1-25(2)21-23-17-11-13-26(12-10-15(17)19(27)24-21)20(28)18-9-8-16(22-18)14-6-4-3-5-7-14;2*1-2(3)4/h3-7,16,18,22H,8-13H2,1-2H3,(H,23,24,27);2*1H3,(H,3,4)/t16-,18-;;/m1../s1. The molecule has 1 saturated heterocycles. The van der Waals surface area contributed by atoms with E-state index in [-0.39, 0.29) is 23.6 Å². The Hall–Kier alpha value is -3.73. The molecule has 0 spiro atoms. The van der Waals surface area contributed by atoms with Crippen LogP contribution in [0, 0.1) is 0 Å². The van der Waals surface area contributed by atoms with Crippen molar-refractivity contribution in [2.45, 2.75) is 51.6 Å². The van der Waals surface area contributed by atoms with Crippen LogP contribution in [0.2, 0.25) is 0 Å². The summed E-state index contributed by atoms with van der Waals surface area (Å²) in [5.74, 6) is -0.970.